The highest BCUT2D eigenvalue weighted by Gasteiger charge is 2.14. The van der Waals surface area contributed by atoms with E-state index in [4.69, 9.17) is 0 Å². The van der Waals surface area contributed by atoms with Gasteiger partial charge >= 0.3 is 0 Å². The van der Waals surface area contributed by atoms with Gasteiger partial charge < -0.3 is 5.32 Å². The van der Waals surface area contributed by atoms with Crippen molar-refractivity contribution in [3.63, 3.8) is 0 Å². The van der Waals surface area contributed by atoms with Crippen molar-refractivity contribution in [1.82, 2.24) is 0 Å². The molecule has 1 aromatic carbocycles. The van der Waals surface area contributed by atoms with Crippen molar-refractivity contribution in [2.75, 3.05) is 18.1 Å². The van der Waals surface area contributed by atoms with Crippen LogP contribution in [0, 0.1) is 5.92 Å². The van der Waals surface area contributed by atoms with Crippen LogP contribution in [0.15, 0.2) is 29.2 Å². The van der Waals surface area contributed by atoms with E-state index in [1.807, 2.05) is 12.1 Å². The topological polar surface area (TPSA) is 46.2 Å². The quantitative estimate of drug-likeness (QED) is 0.897. The molecule has 17 heavy (non-hydrogen) atoms. The van der Waals surface area contributed by atoms with Crippen molar-refractivity contribution in [3.8, 4) is 0 Å². The molecule has 1 saturated carbocycles. The molecular weight excluding hydrogens is 234 g/mol. The van der Waals surface area contributed by atoms with E-state index < -0.39 is 9.84 Å². The third-order valence-electron chi connectivity index (χ3n) is 3.35. The second kappa shape index (κ2) is 5.08. The zero-order valence-electron chi connectivity index (χ0n) is 10.1. The van der Waals surface area contributed by atoms with Crippen LogP contribution in [0.2, 0.25) is 0 Å². The highest BCUT2D eigenvalue weighted by atomic mass is 32.2. The first kappa shape index (κ1) is 12.4. The number of hydrogen-bond donors (Lipinski definition) is 1. The van der Waals surface area contributed by atoms with E-state index in [2.05, 4.69) is 5.32 Å². The molecule has 0 heterocycles. The van der Waals surface area contributed by atoms with Gasteiger partial charge in [-0.25, -0.2) is 8.42 Å². The average Bonchev–Trinajstić information content (AvgIpc) is 2.78. The van der Waals surface area contributed by atoms with Crippen molar-refractivity contribution in [2.45, 2.75) is 30.6 Å². The summed E-state index contributed by atoms with van der Waals surface area (Å²) in [7, 11) is -3.08. The summed E-state index contributed by atoms with van der Waals surface area (Å²) in [6.45, 7) is 0.998. The number of hydrogen-bond acceptors (Lipinski definition) is 3. The lowest BCUT2D eigenvalue weighted by Crippen LogP contribution is -2.10. The van der Waals surface area contributed by atoms with Crippen molar-refractivity contribution in [1.29, 1.82) is 0 Å². The van der Waals surface area contributed by atoms with Gasteiger partial charge in [0.15, 0.2) is 9.84 Å². The molecule has 3 nitrogen and oxygen atoms in total. The van der Waals surface area contributed by atoms with E-state index in [1.54, 1.807) is 12.1 Å². The van der Waals surface area contributed by atoms with Crippen LogP contribution in [0.1, 0.15) is 25.7 Å². The first-order valence-electron chi connectivity index (χ1n) is 6.10. The Morgan fingerprint density at radius 1 is 1.18 bits per heavy atom. The summed E-state index contributed by atoms with van der Waals surface area (Å²) in [4.78, 5) is 0.379. The fourth-order valence-corrected chi connectivity index (χ4v) is 2.93. The van der Waals surface area contributed by atoms with Gasteiger partial charge in [-0.3, -0.25) is 0 Å². The molecule has 0 spiro atoms. The fraction of sp³-hybridized carbons (Fsp3) is 0.538. The molecule has 0 amide bonds. The van der Waals surface area contributed by atoms with Gasteiger partial charge in [-0.15, -0.1) is 0 Å². The third kappa shape index (κ3) is 3.46. The second-order valence-electron chi connectivity index (χ2n) is 4.83. The van der Waals surface area contributed by atoms with Crippen molar-refractivity contribution in [3.05, 3.63) is 24.3 Å². The molecule has 0 radical (unpaired) electrons. The molecule has 1 aliphatic carbocycles. The maximum absolute atomic E-state index is 11.3. The lowest BCUT2D eigenvalue weighted by atomic mass is 10.1. The van der Waals surface area contributed by atoms with Crippen LogP contribution in [0.4, 0.5) is 5.69 Å². The lowest BCUT2D eigenvalue weighted by molar-refractivity contribution is 0.580. The lowest BCUT2D eigenvalue weighted by Gasteiger charge is -2.11. The van der Waals surface area contributed by atoms with Gasteiger partial charge in [0.1, 0.15) is 0 Å². The first-order valence-corrected chi connectivity index (χ1v) is 7.99. The largest absolute Gasteiger partial charge is 0.385 e. The molecule has 0 aromatic heterocycles. The van der Waals surface area contributed by atoms with Crippen LogP contribution in [0.3, 0.4) is 0 Å². The summed E-state index contributed by atoms with van der Waals surface area (Å²) < 4.78 is 22.6. The van der Waals surface area contributed by atoms with Crippen LogP contribution in [-0.2, 0) is 9.84 Å². The molecule has 1 fully saturated rings. The van der Waals surface area contributed by atoms with E-state index in [0.717, 1.165) is 18.2 Å². The van der Waals surface area contributed by atoms with E-state index in [9.17, 15) is 8.42 Å². The minimum Gasteiger partial charge on any atom is -0.385 e. The number of sulfone groups is 1. The summed E-state index contributed by atoms with van der Waals surface area (Å²) in [5.41, 5.74) is 1.00. The van der Waals surface area contributed by atoms with E-state index in [1.165, 1.54) is 31.9 Å². The average molecular weight is 253 g/mol. The molecule has 94 valence electrons. The predicted octanol–water partition coefficient (Wildman–Crippen LogP) is 2.69. The van der Waals surface area contributed by atoms with Crippen LogP contribution in [0.5, 0.6) is 0 Å². The zero-order valence-corrected chi connectivity index (χ0v) is 11.0. The Morgan fingerprint density at radius 3 is 2.29 bits per heavy atom. The Balaban J connectivity index is 1.94. The van der Waals surface area contributed by atoms with Crippen LogP contribution in [0.25, 0.3) is 0 Å². The summed E-state index contributed by atoms with van der Waals surface area (Å²) in [5.74, 6) is 0.782. The number of rotatable bonds is 4. The standard InChI is InChI=1S/C13H19NO2S/c1-17(15,16)13-8-6-12(7-9-13)14-10-11-4-2-3-5-11/h6-9,11,14H,2-5,10H2,1H3. The summed E-state index contributed by atoms with van der Waals surface area (Å²) in [6.07, 6.45) is 6.55. The highest BCUT2D eigenvalue weighted by molar-refractivity contribution is 7.90. The zero-order chi connectivity index (χ0) is 12.3. The summed E-state index contributed by atoms with van der Waals surface area (Å²) >= 11 is 0. The predicted molar refractivity (Wildman–Crippen MR) is 70.0 cm³/mol. The first-order chi connectivity index (χ1) is 8.05. The fourth-order valence-electron chi connectivity index (χ4n) is 2.30. The SMILES string of the molecule is CS(=O)(=O)c1ccc(NCC2CCCC2)cc1. The monoisotopic (exact) mass is 253 g/mol. The second-order valence-corrected chi connectivity index (χ2v) is 6.84. The molecule has 0 aliphatic heterocycles. The van der Waals surface area contributed by atoms with Crippen LogP contribution >= 0.6 is 0 Å². The normalized spacial score (nSPS) is 17.2. The minimum atomic E-state index is -3.08. The number of anilines is 1. The van der Waals surface area contributed by atoms with Gasteiger partial charge in [-0.2, -0.15) is 0 Å². The van der Waals surface area contributed by atoms with Crippen molar-refractivity contribution in [2.24, 2.45) is 5.92 Å². The summed E-state index contributed by atoms with van der Waals surface area (Å²) in [5, 5.41) is 3.37. The van der Waals surface area contributed by atoms with Crippen molar-refractivity contribution < 1.29 is 8.42 Å². The minimum absolute atomic E-state index is 0.379. The Labute approximate surface area is 103 Å². The maximum atomic E-state index is 11.3. The molecule has 0 saturated heterocycles. The van der Waals surface area contributed by atoms with Gasteiger partial charge in [0.05, 0.1) is 4.90 Å². The Morgan fingerprint density at radius 2 is 1.76 bits per heavy atom. The summed E-state index contributed by atoms with van der Waals surface area (Å²) in [6, 6.07) is 7.00. The maximum Gasteiger partial charge on any atom is 0.175 e. The van der Waals surface area contributed by atoms with Crippen molar-refractivity contribution >= 4 is 15.5 Å². The smallest absolute Gasteiger partial charge is 0.175 e. The molecule has 0 bridgehead atoms. The molecule has 2 rings (SSSR count). The molecule has 4 heteroatoms. The Bertz CT molecular complexity index is 459. The van der Waals surface area contributed by atoms with Crippen LogP contribution < -0.4 is 5.32 Å². The van der Waals surface area contributed by atoms with Gasteiger partial charge in [0.25, 0.3) is 0 Å². The Kier molecular flexibility index (Phi) is 3.72. The molecule has 1 aliphatic rings. The highest BCUT2D eigenvalue weighted by Crippen LogP contribution is 2.25. The molecule has 0 unspecified atom stereocenters. The van der Waals surface area contributed by atoms with E-state index >= 15 is 0 Å². The molecule has 1 aromatic rings. The third-order valence-corrected chi connectivity index (χ3v) is 4.48. The van der Waals surface area contributed by atoms with Gasteiger partial charge in [0, 0.05) is 18.5 Å². The van der Waals surface area contributed by atoms with E-state index in [-0.39, 0.29) is 0 Å². The number of nitrogens with one attached hydrogen (secondary N) is 1. The van der Waals surface area contributed by atoms with E-state index in [0.29, 0.717) is 4.90 Å². The molecule has 1 N–H and O–H groups in total. The Hall–Kier alpha value is -1.03. The van der Waals surface area contributed by atoms with Gasteiger partial charge in [0.2, 0.25) is 0 Å². The number of benzene rings is 1. The van der Waals surface area contributed by atoms with Gasteiger partial charge in [-0.05, 0) is 43.0 Å². The van der Waals surface area contributed by atoms with Crippen LogP contribution in [-0.4, -0.2) is 21.2 Å². The van der Waals surface area contributed by atoms with Gasteiger partial charge in [-0.1, -0.05) is 12.8 Å². The molecular formula is C13H19NO2S. The molecule has 0 atom stereocenters.